The second-order valence-corrected chi connectivity index (χ2v) is 5.94. The molecule has 1 fully saturated rings. The van der Waals surface area contributed by atoms with Gasteiger partial charge in [0.15, 0.2) is 23.2 Å². The number of rotatable bonds is 5. The van der Waals surface area contributed by atoms with Gasteiger partial charge in [0.05, 0.1) is 12.9 Å². The molecule has 24 heavy (non-hydrogen) atoms. The predicted octanol–water partition coefficient (Wildman–Crippen LogP) is -0.184. The van der Waals surface area contributed by atoms with Crippen molar-refractivity contribution in [3.63, 3.8) is 0 Å². The Hall–Kier alpha value is -2.07. The summed E-state index contributed by atoms with van der Waals surface area (Å²) in [5.74, 6) is 0.572. The summed E-state index contributed by atoms with van der Waals surface area (Å²) in [7, 11) is 0. The van der Waals surface area contributed by atoms with Crippen LogP contribution < -0.4 is 5.32 Å². The van der Waals surface area contributed by atoms with Crippen LogP contribution in [0.25, 0.3) is 11.2 Å². The van der Waals surface area contributed by atoms with Crippen molar-refractivity contribution in [2.45, 2.75) is 38.4 Å². The average molecular weight is 335 g/mol. The number of allylic oxidation sites excluding steroid dienone is 1. The van der Waals surface area contributed by atoms with Crippen molar-refractivity contribution in [2.75, 3.05) is 18.5 Å². The Morgan fingerprint density at radius 3 is 2.75 bits per heavy atom. The Bertz CT molecular complexity index is 743. The summed E-state index contributed by atoms with van der Waals surface area (Å²) in [4.78, 5) is 12.7. The van der Waals surface area contributed by atoms with Crippen LogP contribution in [0.15, 0.2) is 24.3 Å². The zero-order valence-corrected chi connectivity index (χ0v) is 13.5. The molecule has 0 bridgehead atoms. The van der Waals surface area contributed by atoms with Gasteiger partial charge in [-0.05, 0) is 13.8 Å². The molecule has 2 aromatic heterocycles. The van der Waals surface area contributed by atoms with Crippen LogP contribution in [0.1, 0.15) is 20.1 Å². The summed E-state index contributed by atoms with van der Waals surface area (Å²) in [5, 5.41) is 32.4. The van der Waals surface area contributed by atoms with Gasteiger partial charge in [-0.25, -0.2) is 15.0 Å². The third kappa shape index (κ3) is 2.98. The molecule has 2 aromatic rings. The van der Waals surface area contributed by atoms with E-state index in [1.807, 2.05) is 19.9 Å². The lowest BCUT2D eigenvalue weighted by Gasteiger charge is -2.16. The van der Waals surface area contributed by atoms with E-state index < -0.39 is 24.5 Å². The lowest BCUT2D eigenvalue weighted by Crippen LogP contribution is -2.33. The molecule has 1 unspecified atom stereocenters. The lowest BCUT2D eigenvalue weighted by atomic mass is 10.1. The highest BCUT2D eigenvalue weighted by Crippen LogP contribution is 2.31. The van der Waals surface area contributed by atoms with Crippen molar-refractivity contribution in [2.24, 2.45) is 0 Å². The van der Waals surface area contributed by atoms with Crippen LogP contribution in [0.5, 0.6) is 0 Å². The number of hydrogen-bond donors (Lipinski definition) is 4. The number of hydrogen-bond acceptors (Lipinski definition) is 8. The van der Waals surface area contributed by atoms with E-state index in [1.54, 1.807) is 0 Å². The van der Waals surface area contributed by atoms with Crippen molar-refractivity contribution in [3.8, 4) is 0 Å². The normalized spacial score (nSPS) is 26.7. The van der Waals surface area contributed by atoms with Crippen LogP contribution >= 0.6 is 0 Å². The average Bonchev–Trinajstić information content (AvgIpc) is 3.10. The summed E-state index contributed by atoms with van der Waals surface area (Å²) in [6.45, 7) is 4.24. The molecule has 1 aliphatic rings. The maximum absolute atomic E-state index is 10.2. The molecular weight excluding hydrogens is 314 g/mol. The van der Waals surface area contributed by atoms with E-state index in [2.05, 4.69) is 20.3 Å². The van der Waals surface area contributed by atoms with E-state index in [1.165, 1.54) is 22.8 Å². The van der Waals surface area contributed by atoms with Gasteiger partial charge in [0.1, 0.15) is 24.6 Å². The van der Waals surface area contributed by atoms with Gasteiger partial charge >= 0.3 is 0 Å². The SMILES string of the molecule is CC(C)=CCNc1ncnc2c1ncn2[C@@H]1O[C@H](CO)[C@H](O)C1O. The Labute approximate surface area is 138 Å². The molecule has 1 saturated heterocycles. The van der Waals surface area contributed by atoms with Crippen LogP contribution in [0.4, 0.5) is 5.82 Å². The van der Waals surface area contributed by atoms with Gasteiger partial charge in [0.25, 0.3) is 0 Å². The molecular formula is C15H21N5O4. The molecule has 3 heterocycles. The van der Waals surface area contributed by atoms with Gasteiger partial charge in [-0.15, -0.1) is 0 Å². The zero-order valence-electron chi connectivity index (χ0n) is 13.5. The molecule has 0 saturated carbocycles. The molecule has 0 aromatic carbocycles. The third-order valence-corrected chi connectivity index (χ3v) is 3.93. The standard InChI is InChI=1S/C15H21N5O4/c1-8(2)3-4-16-13-10-14(18-6-17-13)20(7-19-10)15-12(23)11(22)9(5-21)24-15/h3,6-7,9,11-12,15,21-23H,4-5H2,1-2H3,(H,16,17,18)/t9-,11+,12?,15-/m1/s1. The van der Waals surface area contributed by atoms with E-state index in [0.717, 1.165) is 0 Å². The first kappa shape index (κ1) is 16.8. The zero-order chi connectivity index (χ0) is 17.3. The van der Waals surface area contributed by atoms with E-state index >= 15 is 0 Å². The minimum atomic E-state index is -1.18. The fourth-order valence-corrected chi connectivity index (χ4v) is 2.63. The first-order valence-electron chi connectivity index (χ1n) is 7.70. The minimum Gasteiger partial charge on any atom is -0.394 e. The summed E-state index contributed by atoms with van der Waals surface area (Å²) in [6.07, 6.45) is 0.823. The number of fused-ring (bicyclic) bond motifs is 1. The van der Waals surface area contributed by atoms with E-state index in [9.17, 15) is 15.3 Å². The van der Waals surface area contributed by atoms with E-state index in [-0.39, 0.29) is 6.61 Å². The first-order chi connectivity index (χ1) is 11.5. The summed E-state index contributed by atoms with van der Waals surface area (Å²) >= 11 is 0. The third-order valence-electron chi connectivity index (χ3n) is 3.93. The van der Waals surface area contributed by atoms with Gasteiger partial charge in [-0.2, -0.15) is 0 Å². The summed E-state index contributed by atoms with van der Waals surface area (Å²) in [5.41, 5.74) is 2.20. The molecule has 0 amide bonds. The number of anilines is 1. The Morgan fingerprint density at radius 2 is 2.08 bits per heavy atom. The van der Waals surface area contributed by atoms with Gasteiger partial charge in [0.2, 0.25) is 0 Å². The van der Waals surface area contributed by atoms with Crippen LogP contribution in [-0.2, 0) is 4.74 Å². The molecule has 9 nitrogen and oxygen atoms in total. The van der Waals surface area contributed by atoms with E-state index in [4.69, 9.17) is 4.74 Å². The number of imidazole rings is 1. The van der Waals surface area contributed by atoms with Crippen molar-refractivity contribution in [1.29, 1.82) is 0 Å². The van der Waals surface area contributed by atoms with Gasteiger partial charge in [-0.1, -0.05) is 11.6 Å². The number of aromatic nitrogens is 4. The minimum absolute atomic E-state index is 0.383. The lowest BCUT2D eigenvalue weighted by molar-refractivity contribution is -0.0511. The molecule has 0 spiro atoms. The summed E-state index contributed by atoms with van der Waals surface area (Å²) in [6, 6.07) is 0. The highest BCUT2D eigenvalue weighted by molar-refractivity contribution is 5.82. The Morgan fingerprint density at radius 1 is 1.29 bits per heavy atom. The number of nitrogens with one attached hydrogen (secondary N) is 1. The van der Waals surface area contributed by atoms with Crippen LogP contribution in [0.3, 0.4) is 0 Å². The molecule has 4 atom stereocenters. The largest absolute Gasteiger partial charge is 0.394 e. The molecule has 0 radical (unpaired) electrons. The molecule has 1 aliphatic heterocycles. The second-order valence-electron chi connectivity index (χ2n) is 5.94. The van der Waals surface area contributed by atoms with Gasteiger partial charge in [-0.3, -0.25) is 4.57 Å². The number of nitrogens with zero attached hydrogens (tertiary/aromatic N) is 4. The number of aliphatic hydroxyl groups is 3. The fourth-order valence-electron chi connectivity index (χ4n) is 2.63. The number of aliphatic hydroxyl groups excluding tert-OH is 3. The summed E-state index contributed by atoms with van der Waals surface area (Å²) < 4.78 is 7.06. The maximum atomic E-state index is 10.2. The molecule has 3 rings (SSSR count). The smallest absolute Gasteiger partial charge is 0.167 e. The Kier molecular flexibility index (Phi) is 4.76. The van der Waals surface area contributed by atoms with Crippen molar-refractivity contribution < 1.29 is 20.1 Å². The van der Waals surface area contributed by atoms with Crippen LogP contribution in [0, 0.1) is 0 Å². The quantitative estimate of drug-likeness (QED) is 0.554. The predicted molar refractivity (Wildman–Crippen MR) is 86.3 cm³/mol. The fraction of sp³-hybridized carbons (Fsp3) is 0.533. The second kappa shape index (κ2) is 6.81. The maximum Gasteiger partial charge on any atom is 0.167 e. The monoisotopic (exact) mass is 335 g/mol. The highest BCUT2D eigenvalue weighted by atomic mass is 16.6. The van der Waals surface area contributed by atoms with Crippen molar-refractivity contribution >= 4 is 17.0 Å². The first-order valence-corrected chi connectivity index (χ1v) is 7.70. The van der Waals surface area contributed by atoms with Crippen molar-refractivity contribution in [1.82, 2.24) is 19.5 Å². The van der Waals surface area contributed by atoms with Crippen molar-refractivity contribution in [3.05, 3.63) is 24.3 Å². The van der Waals surface area contributed by atoms with E-state index in [0.29, 0.717) is 23.5 Å². The van der Waals surface area contributed by atoms with Gasteiger partial charge < -0.3 is 25.4 Å². The Balaban J connectivity index is 1.90. The van der Waals surface area contributed by atoms with Crippen LogP contribution in [0.2, 0.25) is 0 Å². The molecule has 9 heteroatoms. The molecule has 0 aliphatic carbocycles. The molecule has 4 N–H and O–H groups in total. The highest BCUT2D eigenvalue weighted by Gasteiger charge is 2.43. The van der Waals surface area contributed by atoms with Gasteiger partial charge in [0, 0.05) is 6.54 Å². The topological polar surface area (TPSA) is 126 Å². The van der Waals surface area contributed by atoms with Crippen LogP contribution in [-0.4, -0.2) is 66.3 Å². The molecule has 130 valence electrons. The number of ether oxygens (including phenoxy) is 1.